The number of benzene rings is 1. The van der Waals surface area contributed by atoms with Crippen LogP contribution in [0.15, 0.2) is 17.0 Å². The second-order valence-electron chi connectivity index (χ2n) is 4.37. The second kappa shape index (κ2) is 7.23. The minimum absolute atomic E-state index is 0.275. The van der Waals surface area contributed by atoms with Crippen LogP contribution in [0, 0.1) is 21.8 Å². The number of nitro benzene ring substituents is 1. The van der Waals surface area contributed by atoms with Crippen LogP contribution in [0.25, 0.3) is 0 Å². The number of esters is 1. The quantitative estimate of drug-likeness (QED) is 0.347. The van der Waals surface area contributed by atoms with Crippen LogP contribution in [-0.2, 0) is 4.74 Å². The Balaban J connectivity index is 3.16. The number of halogens is 1. The van der Waals surface area contributed by atoms with E-state index in [9.17, 15) is 19.3 Å². The maximum atomic E-state index is 13.7. The van der Waals surface area contributed by atoms with Gasteiger partial charge in [0.1, 0.15) is 5.82 Å². The summed E-state index contributed by atoms with van der Waals surface area (Å²) >= 11 is 1.24. The van der Waals surface area contributed by atoms with Gasteiger partial charge in [0.05, 0.1) is 28.6 Å². The highest BCUT2D eigenvalue weighted by atomic mass is 32.2. The molecule has 0 saturated heterocycles. The standard InChI is InChI=1S/C13H16FNO4S/c1-4-8(2)7-20-12-5-9(13(16)19-3)10(14)6-11(12)15(17)18/h5-6,8H,4,7H2,1-3H3. The van der Waals surface area contributed by atoms with Gasteiger partial charge in [-0.3, -0.25) is 10.1 Å². The summed E-state index contributed by atoms with van der Waals surface area (Å²) in [5.74, 6) is -0.769. The molecule has 1 aromatic carbocycles. The normalized spacial score (nSPS) is 12.0. The zero-order valence-corrected chi connectivity index (χ0v) is 12.3. The maximum Gasteiger partial charge on any atom is 0.340 e. The lowest BCUT2D eigenvalue weighted by Gasteiger charge is -2.09. The van der Waals surface area contributed by atoms with Crippen molar-refractivity contribution >= 4 is 23.4 Å². The van der Waals surface area contributed by atoms with E-state index in [1.807, 2.05) is 13.8 Å². The Bertz CT molecular complexity index is 521. The minimum atomic E-state index is -0.948. The van der Waals surface area contributed by atoms with Crippen molar-refractivity contribution in [2.24, 2.45) is 5.92 Å². The van der Waals surface area contributed by atoms with Crippen molar-refractivity contribution in [2.45, 2.75) is 25.2 Å². The van der Waals surface area contributed by atoms with Gasteiger partial charge in [0.15, 0.2) is 0 Å². The molecule has 0 aliphatic carbocycles. The lowest BCUT2D eigenvalue weighted by Crippen LogP contribution is -2.06. The first kappa shape index (κ1) is 16.4. The molecule has 0 fully saturated rings. The average molecular weight is 301 g/mol. The SMILES string of the molecule is CCC(C)CSc1cc(C(=O)OC)c(F)cc1[N+](=O)[O-]. The predicted molar refractivity (Wildman–Crippen MR) is 74.6 cm³/mol. The van der Waals surface area contributed by atoms with Gasteiger partial charge in [0.2, 0.25) is 0 Å². The summed E-state index contributed by atoms with van der Waals surface area (Å²) in [6.07, 6.45) is 0.936. The number of rotatable bonds is 6. The third kappa shape index (κ3) is 3.93. The number of thioether (sulfide) groups is 1. The summed E-state index contributed by atoms with van der Waals surface area (Å²) in [4.78, 5) is 22.0. The fourth-order valence-electron chi connectivity index (χ4n) is 1.42. The smallest absolute Gasteiger partial charge is 0.340 e. The molecule has 7 heteroatoms. The van der Waals surface area contributed by atoms with Crippen LogP contribution < -0.4 is 0 Å². The zero-order chi connectivity index (χ0) is 15.3. The highest BCUT2D eigenvalue weighted by Gasteiger charge is 2.22. The summed E-state index contributed by atoms with van der Waals surface area (Å²) in [7, 11) is 1.13. The Morgan fingerprint density at radius 3 is 2.70 bits per heavy atom. The lowest BCUT2D eigenvalue weighted by atomic mass is 10.2. The first-order valence-corrected chi connectivity index (χ1v) is 7.08. The monoisotopic (exact) mass is 301 g/mol. The summed E-state index contributed by atoms with van der Waals surface area (Å²) in [6.45, 7) is 4.04. The van der Waals surface area contributed by atoms with E-state index in [1.54, 1.807) is 0 Å². The van der Waals surface area contributed by atoms with E-state index in [1.165, 1.54) is 17.8 Å². The maximum absolute atomic E-state index is 13.7. The fraction of sp³-hybridized carbons (Fsp3) is 0.462. The minimum Gasteiger partial charge on any atom is -0.465 e. The predicted octanol–water partition coefficient (Wildman–Crippen LogP) is 3.66. The molecule has 0 amide bonds. The van der Waals surface area contributed by atoms with E-state index in [0.717, 1.165) is 19.6 Å². The Morgan fingerprint density at radius 2 is 2.20 bits per heavy atom. The van der Waals surface area contributed by atoms with Gasteiger partial charge in [-0.25, -0.2) is 9.18 Å². The Hall–Kier alpha value is -1.63. The number of methoxy groups -OCH3 is 1. The lowest BCUT2D eigenvalue weighted by molar-refractivity contribution is -0.387. The highest BCUT2D eigenvalue weighted by Crippen LogP contribution is 2.33. The van der Waals surface area contributed by atoms with Crippen LogP contribution >= 0.6 is 11.8 Å². The van der Waals surface area contributed by atoms with E-state index < -0.39 is 16.7 Å². The molecule has 0 radical (unpaired) electrons. The van der Waals surface area contributed by atoms with Crippen molar-refractivity contribution < 1.29 is 18.8 Å². The van der Waals surface area contributed by atoms with Gasteiger partial charge >= 0.3 is 5.97 Å². The first-order chi connectivity index (χ1) is 9.40. The van der Waals surface area contributed by atoms with Gasteiger partial charge in [-0.05, 0) is 12.0 Å². The van der Waals surface area contributed by atoms with E-state index >= 15 is 0 Å². The van der Waals surface area contributed by atoms with Crippen LogP contribution in [-0.4, -0.2) is 23.8 Å². The van der Waals surface area contributed by atoms with Crippen LogP contribution in [0.5, 0.6) is 0 Å². The van der Waals surface area contributed by atoms with Gasteiger partial charge in [-0.15, -0.1) is 11.8 Å². The van der Waals surface area contributed by atoms with Crippen molar-refractivity contribution in [1.29, 1.82) is 0 Å². The Morgan fingerprint density at radius 1 is 1.55 bits per heavy atom. The van der Waals surface area contributed by atoms with Crippen LogP contribution in [0.4, 0.5) is 10.1 Å². The number of ether oxygens (including phenoxy) is 1. The molecular weight excluding hydrogens is 285 g/mol. The van der Waals surface area contributed by atoms with Gasteiger partial charge in [-0.2, -0.15) is 0 Å². The third-order valence-electron chi connectivity index (χ3n) is 2.87. The molecule has 0 aromatic heterocycles. The summed E-state index contributed by atoms with van der Waals surface area (Å²) in [6, 6.07) is 1.96. The molecule has 0 bridgehead atoms. The van der Waals surface area contributed by atoms with Gasteiger partial charge < -0.3 is 4.74 Å². The van der Waals surface area contributed by atoms with Crippen molar-refractivity contribution in [3.63, 3.8) is 0 Å². The van der Waals surface area contributed by atoms with Crippen LogP contribution in [0.2, 0.25) is 0 Å². The van der Waals surface area contributed by atoms with Crippen molar-refractivity contribution in [3.8, 4) is 0 Å². The fourth-order valence-corrected chi connectivity index (χ4v) is 2.60. The Kier molecular flexibility index (Phi) is 5.94. The summed E-state index contributed by atoms with van der Waals surface area (Å²) in [5.41, 5.74) is -0.617. The molecule has 1 rings (SSSR count). The molecular formula is C13H16FNO4S. The number of carbonyl (C=O) groups is 1. The summed E-state index contributed by atoms with van der Waals surface area (Å²) in [5, 5.41) is 10.9. The van der Waals surface area contributed by atoms with Gasteiger partial charge in [-0.1, -0.05) is 20.3 Å². The van der Waals surface area contributed by atoms with Gasteiger partial charge in [0.25, 0.3) is 5.69 Å². The molecule has 0 spiro atoms. The van der Waals surface area contributed by atoms with Gasteiger partial charge in [0, 0.05) is 5.75 Å². The average Bonchev–Trinajstić information content (AvgIpc) is 2.44. The van der Waals surface area contributed by atoms with E-state index in [-0.39, 0.29) is 16.1 Å². The number of hydrogen-bond acceptors (Lipinski definition) is 5. The van der Waals surface area contributed by atoms with Crippen LogP contribution in [0.3, 0.4) is 0 Å². The Labute approximate surface area is 120 Å². The largest absolute Gasteiger partial charge is 0.465 e. The molecule has 1 unspecified atom stereocenters. The first-order valence-electron chi connectivity index (χ1n) is 6.09. The van der Waals surface area contributed by atoms with Crippen LogP contribution in [0.1, 0.15) is 30.6 Å². The second-order valence-corrected chi connectivity index (χ2v) is 5.43. The molecule has 0 aliphatic rings. The zero-order valence-electron chi connectivity index (χ0n) is 11.5. The molecule has 20 heavy (non-hydrogen) atoms. The molecule has 0 saturated carbocycles. The van der Waals surface area contributed by atoms with Crippen molar-refractivity contribution in [3.05, 3.63) is 33.6 Å². The van der Waals surface area contributed by atoms with E-state index in [4.69, 9.17) is 0 Å². The third-order valence-corrected chi connectivity index (χ3v) is 4.24. The number of hydrogen-bond donors (Lipinski definition) is 0. The highest BCUT2D eigenvalue weighted by molar-refractivity contribution is 7.99. The molecule has 0 N–H and O–H groups in total. The topological polar surface area (TPSA) is 69.4 Å². The molecule has 110 valence electrons. The number of carbonyl (C=O) groups excluding carboxylic acids is 1. The van der Waals surface area contributed by atoms with Crippen molar-refractivity contribution in [2.75, 3.05) is 12.9 Å². The van der Waals surface area contributed by atoms with Crippen molar-refractivity contribution in [1.82, 2.24) is 0 Å². The molecule has 1 atom stereocenters. The van der Waals surface area contributed by atoms with E-state index in [0.29, 0.717) is 11.7 Å². The molecule has 1 aromatic rings. The number of nitrogens with zero attached hydrogens (tertiary/aromatic N) is 1. The van der Waals surface area contributed by atoms with E-state index in [2.05, 4.69) is 4.74 Å². The molecule has 0 aliphatic heterocycles. The summed E-state index contributed by atoms with van der Waals surface area (Å²) < 4.78 is 18.1. The molecule has 5 nitrogen and oxygen atoms in total. The molecule has 0 heterocycles. The number of nitro groups is 1.